The molecule has 152 valence electrons. The van der Waals surface area contributed by atoms with Crippen molar-refractivity contribution >= 4 is 11.6 Å². The van der Waals surface area contributed by atoms with E-state index in [-0.39, 0.29) is 5.91 Å². The molecule has 0 heterocycles. The third kappa shape index (κ3) is 4.17. The van der Waals surface area contributed by atoms with E-state index >= 15 is 0 Å². The summed E-state index contributed by atoms with van der Waals surface area (Å²) in [6, 6.07) is 27.2. The van der Waals surface area contributed by atoms with Gasteiger partial charge in [-0.2, -0.15) is 0 Å². The highest BCUT2D eigenvalue weighted by molar-refractivity contribution is 6.05. The third-order valence-electron chi connectivity index (χ3n) is 6.41. The van der Waals surface area contributed by atoms with Crippen LogP contribution in [0.25, 0.3) is 11.1 Å². The van der Waals surface area contributed by atoms with E-state index in [4.69, 9.17) is 0 Å². The summed E-state index contributed by atoms with van der Waals surface area (Å²) in [4.78, 5) is 14.7. The lowest BCUT2D eigenvalue weighted by atomic mass is 10.0. The van der Waals surface area contributed by atoms with Crippen LogP contribution in [0.4, 0.5) is 5.69 Å². The Labute approximate surface area is 178 Å². The Kier molecular flexibility index (Phi) is 5.14. The van der Waals surface area contributed by atoms with E-state index in [9.17, 15) is 4.79 Å². The number of hydrogen-bond donors (Lipinski definition) is 1. The molecule has 3 aromatic rings. The van der Waals surface area contributed by atoms with Gasteiger partial charge in [0, 0.05) is 30.3 Å². The monoisotopic (exact) mass is 396 g/mol. The number of carbonyl (C=O) groups is 1. The second-order valence-corrected chi connectivity index (χ2v) is 8.70. The fraction of sp³-hybridized carbons (Fsp3) is 0.296. The highest BCUT2D eigenvalue weighted by atomic mass is 16.2. The van der Waals surface area contributed by atoms with E-state index in [0.29, 0.717) is 17.5 Å². The van der Waals surface area contributed by atoms with Crippen molar-refractivity contribution < 1.29 is 4.79 Å². The van der Waals surface area contributed by atoms with Gasteiger partial charge in [-0.15, -0.1) is 0 Å². The Morgan fingerprint density at radius 3 is 2.23 bits per heavy atom. The van der Waals surface area contributed by atoms with Gasteiger partial charge in [-0.1, -0.05) is 54.6 Å². The molecule has 2 fully saturated rings. The van der Waals surface area contributed by atoms with E-state index in [1.54, 1.807) is 4.90 Å². The van der Waals surface area contributed by atoms with Gasteiger partial charge in [0.25, 0.3) is 5.91 Å². The van der Waals surface area contributed by atoms with Crippen molar-refractivity contribution in [1.82, 2.24) is 5.32 Å². The Morgan fingerprint density at radius 1 is 0.900 bits per heavy atom. The molecule has 3 heteroatoms. The van der Waals surface area contributed by atoms with Crippen molar-refractivity contribution in [2.75, 3.05) is 18.5 Å². The average Bonchev–Trinajstić information content (AvgIpc) is 3.73. The summed E-state index contributed by atoms with van der Waals surface area (Å²) >= 11 is 0. The van der Waals surface area contributed by atoms with E-state index in [1.807, 2.05) is 49.5 Å². The maximum atomic E-state index is 12.9. The summed E-state index contributed by atoms with van der Waals surface area (Å²) in [6.45, 7) is 1.18. The highest BCUT2D eigenvalue weighted by Crippen LogP contribution is 2.42. The van der Waals surface area contributed by atoms with Crippen molar-refractivity contribution in [2.45, 2.75) is 31.2 Å². The Balaban J connectivity index is 1.22. The van der Waals surface area contributed by atoms with Gasteiger partial charge in [-0.3, -0.25) is 4.79 Å². The first kappa shape index (κ1) is 19.1. The minimum atomic E-state index is 0.0118. The molecule has 1 N–H and O–H groups in total. The Morgan fingerprint density at radius 2 is 1.57 bits per heavy atom. The van der Waals surface area contributed by atoms with Crippen molar-refractivity contribution in [1.29, 1.82) is 0 Å². The summed E-state index contributed by atoms with van der Waals surface area (Å²) in [5, 5.41) is 3.70. The van der Waals surface area contributed by atoms with Crippen LogP contribution in [0.1, 0.15) is 41.1 Å². The zero-order valence-corrected chi connectivity index (χ0v) is 17.4. The maximum Gasteiger partial charge on any atom is 0.258 e. The molecule has 2 aliphatic carbocycles. The quantitative estimate of drug-likeness (QED) is 0.573. The van der Waals surface area contributed by atoms with Crippen molar-refractivity contribution in [3.8, 4) is 11.1 Å². The largest absolute Gasteiger partial charge is 0.313 e. The van der Waals surface area contributed by atoms with E-state index in [0.717, 1.165) is 22.7 Å². The number of hydrogen-bond acceptors (Lipinski definition) is 2. The number of anilines is 1. The van der Waals surface area contributed by atoms with Crippen LogP contribution in [0.5, 0.6) is 0 Å². The molecule has 0 spiro atoms. The summed E-state index contributed by atoms with van der Waals surface area (Å²) < 4.78 is 0. The molecule has 3 aromatic carbocycles. The van der Waals surface area contributed by atoms with Gasteiger partial charge in [0.1, 0.15) is 0 Å². The lowest BCUT2D eigenvalue weighted by Gasteiger charge is -2.18. The fourth-order valence-electron chi connectivity index (χ4n) is 4.12. The smallest absolute Gasteiger partial charge is 0.258 e. The predicted molar refractivity (Wildman–Crippen MR) is 123 cm³/mol. The van der Waals surface area contributed by atoms with Gasteiger partial charge in [-0.05, 0) is 72.7 Å². The molecule has 1 amide bonds. The number of nitrogens with zero attached hydrogens (tertiary/aromatic N) is 1. The number of amides is 1. The second kappa shape index (κ2) is 8.08. The van der Waals surface area contributed by atoms with Crippen molar-refractivity contribution in [3.63, 3.8) is 0 Å². The molecule has 2 saturated carbocycles. The van der Waals surface area contributed by atoms with Crippen LogP contribution in [0, 0.1) is 5.92 Å². The predicted octanol–water partition coefficient (Wildman–Crippen LogP) is 5.49. The standard InChI is InChI=1S/C27H28N2O/c1-29(27(30)23-11-9-21(10-12-23)20-5-3-2-4-6-20)24-15-13-22(14-16-24)25-17-26(25)28-18-19-7-8-19/h2-6,9-16,19,25-26,28H,7-8,17-18H2,1H3/t25-,26+/m0/s1. The molecule has 2 atom stereocenters. The normalized spacial score (nSPS) is 20.0. The second-order valence-electron chi connectivity index (χ2n) is 8.70. The molecule has 5 rings (SSSR count). The van der Waals surface area contributed by atoms with Crippen LogP contribution in [-0.2, 0) is 0 Å². The van der Waals surface area contributed by atoms with Gasteiger partial charge in [0.15, 0.2) is 0 Å². The van der Waals surface area contributed by atoms with Crippen LogP contribution >= 0.6 is 0 Å². The number of carbonyl (C=O) groups excluding carboxylic acids is 1. The number of benzene rings is 3. The molecule has 0 aliphatic heterocycles. The zero-order valence-electron chi connectivity index (χ0n) is 17.4. The summed E-state index contributed by atoms with van der Waals surface area (Å²) in [6.07, 6.45) is 4.03. The fourth-order valence-corrected chi connectivity index (χ4v) is 4.12. The lowest BCUT2D eigenvalue weighted by Crippen LogP contribution is -2.26. The first-order valence-corrected chi connectivity index (χ1v) is 11.0. The number of nitrogens with one attached hydrogen (secondary N) is 1. The first-order valence-electron chi connectivity index (χ1n) is 11.0. The Hall–Kier alpha value is -2.91. The average molecular weight is 397 g/mol. The lowest BCUT2D eigenvalue weighted by molar-refractivity contribution is 0.0993. The van der Waals surface area contributed by atoms with Crippen LogP contribution in [0.2, 0.25) is 0 Å². The van der Waals surface area contributed by atoms with Gasteiger partial charge < -0.3 is 10.2 Å². The minimum Gasteiger partial charge on any atom is -0.313 e. The molecule has 2 aliphatic rings. The Bertz CT molecular complexity index is 1010. The van der Waals surface area contributed by atoms with E-state index < -0.39 is 0 Å². The van der Waals surface area contributed by atoms with Gasteiger partial charge in [0.2, 0.25) is 0 Å². The SMILES string of the molecule is CN(C(=O)c1ccc(-c2ccccc2)cc1)c1ccc([C@@H]2C[C@H]2NCC2CC2)cc1. The third-order valence-corrected chi connectivity index (χ3v) is 6.41. The maximum absolute atomic E-state index is 12.9. The zero-order chi connectivity index (χ0) is 20.5. The van der Waals surface area contributed by atoms with Gasteiger partial charge in [-0.25, -0.2) is 0 Å². The van der Waals surface area contributed by atoms with Gasteiger partial charge >= 0.3 is 0 Å². The topological polar surface area (TPSA) is 32.3 Å². The van der Waals surface area contributed by atoms with E-state index in [2.05, 4.69) is 41.7 Å². The molecule has 0 bridgehead atoms. The molecule has 0 saturated heterocycles. The van der Waals surface area contributed by atoms with Crippen LogP contribution < -0.4 is 10.2 Å². The highest BCUT2D eigenvalue weighted by Gasteiger charge is 2.38. The summed E-state index contributed by atoms with van der Waals surface area (Å²) in [7, 11) is 1.85. The molecule has 0 radical (unpaired) electrons. The summed E-state index contributed by atoms with van der Waals surface area (Å²) in [5.74, 6) is 1.57. The molecular weight excluding hydrogens is 368 g/mol. The van der Waals surface area contributed by atoms with Crippen LogP contribution in [-0.4, -0.2) is 25.5 Å². The molecule has 30 heavy (non-hydrogen) atoms. The molecule has 0 aromatic heterocycles. The van der Waals surface area contributed by atoms with Crippen LogP contribution in [0.3, 0.4) is 0 Å². The molecule has 3 nitrogen and oxygen atoms in total. The first-order chi connectivity index (χ1) is 14.7. The molecular formula is C27H28N2O. The number of rotatable bonds is 7. The van der Waals surface area contributed by atoms with E-state index in [1.165, 1.54) is 31.4 Å². The van der Waals surface area contributed by atoms with Crippen molar-refractivity contribution in [2.24, 2.45) is 5.92 Å². The van der Waals surface area contributed by atoms with Crippen molar-refractivity contribution in [3.05, 3.63) is 90.0 Å². The van der Waals surface area contributed by atoms with Crippen LogP contribution in [0.15, 0.2) is 78.9 Å². The summed E-state index contributed by atoms with van der Waals surface area (Å²) in [5.41, 5.74) is 5.28. The molecule has 0 unspecified atom stereocenters. The minimum absolute atomic E-state index is 0.0118. The van der Waals surface area contributed by atoms with Gasteiger partial charge in [0.05, 0.1) is 0 Å².